The van der Waals surface area contributed by atoms with Gasteiger partial charge in [-0.05, 0) is 31.9 Å². The Kier molecular flexibility index (Phi) is 5.17. The lowest BCUT2D eigenvalue weighted by atomic mass is 10.2. The number of benzene rings is 1. The van der Waals surface area contributed by atoms with Gasteiger partial charge in [0.25, 0.3) is 5.56 Å². The third-order valence-electron chi connectivity index (χ3n) is 4.51. The molecular formula is C19H22N6O2S. The van der Waals surface area contributed by atoms with Gasteiger partial charge in [0.2, 0.25) is 11.7 Å². The summed E-state index contributed by atoms with van der Waals surface area (Å²) in [5, 5.41) is 14.0. The lowest BCUT2D eigenvalue weighted by Crippen LogP contribution is -2.23. The van der Waals surface area contributed by atoms with Gasteiger partial charge in [-0.15, -0.1) is 10.2 Å². The van der Waals surface area contributed by atoms with Gasteiger partial charge in [-0.2, -0.15) is 4.98 Å². The molecule has 0 fully saturated rings. The molecule has 3 aromatic heterocycles. The largest absolute Gasteiger partial charge is 0.338 e. The number of fused-ring (bicyclic) bond motifs is 3. The molecule has 4 aromatic rings. The Balaban J connectivity index is 1.80. The molecule has 1 unspecified atom stereocenters. The van der Waals surface area contributed by atoms with E-state index in [1.54, 1.807) is 4.57 Å². The van der Waals surface area contributed by atoms with Gasteiger partial charge >= 0.3 is 0 Å². The predicted molar refractivity (Wildman–Crippen MR) is 108 cm³/mol. The van der Waals surface area contributed by atoms with Crippen LogP contribution in [-0.2, 0) is 13.0 Å². The molecule has 0 N–H and O–H groups in total. The van der Waals surface area contributed by atoms with Gasteiger partial charge in [0.15, 0.2) is 11.0 Å². The number of para-hydroxylation sites is 1. The van der Waals surface area contributed by atoms with Crippen LogP contribution < -0.4 is 5.56 Å². The van der Waals surface area contributed by atoms with E-state index in [1.807, 2.05) is 42.5 Å². The molecule has 3 heterocycles. The molecule has 0 spiro atoms. The Bertz CT molecular complexity index is 1180. The van der Waals surface area contributed by atoms with Gasteiger partial charge in [0, 0.05) is 13.0 Å². The summed E-state index contributed by atoms with van der Waals surface area (Å²) in [7, 11) is 0. The van der Waals surface area contributed by atoms with Crippen LogP contribution >= 0.6 is 11.8 Å². The first kappa shape index (κ1) is 18.7. The summed E-state index contributed by atoms with van der Waals surface area (Å²) in [6.45, 7) is 6.71. The standard InChI is InChI=1S/C19H22N6O2S/c1-4-8-15-20-16(27-23-15)12(3)28-19-22-21-18-24(11-5-2)17(26)13-9-6-7-10-14(13)25(18)19/h6-7,9-10,12H,4-5,8,11H2,1-3H3. The second-order valence-electron chi connectivity index (χ2n) is 6.65. The van der Waals surface area contributed by atoms with E-state index in [-0.39, 0.29) is 10.8 Å². The van der Waals surface area contributed by atoms with Crippen LogP contribution in [0.5, 0.6) is 0 Å². The molecule has 4 rings (SSSR count). The SMILES string of the molecule is CCCc1noc(C(C)Sc2nnc3n(CCC)c(=O)c4ccccc4n23)n1. The Hall–Kier alpha value is -2.68. The van der Waals surface area contributed by atoms with Crippen molar-refractivity contribution in [2.75, 3.05) is 0 Å². The number of aromatic nitrogens is 6. The van der Waals surface area contributed by atoms with Crippen molar-refractivity contribution in [3.63, 3.8) is 0 Å². The highest BCUT2D eigenvalue weighted by Crippen LogP contribution is 2.34. The summed E-state index contributed by atoms with van der Waals surface area (Å²) in [6, 6.07) is 7.55. The summed E-state index contributed by atoms with van der Waals surface area (Å²) in [6.07, 6.45) is 2.60. The fourth-order valence-corrected chi connectivity index (χ4v) is 4.09. The van der Waals surface area contributed by atoms with E-state index in [0.717, 1.165) is 30.6 Å². The molecule has 28 heavy (non-hydrogen) atoms. The van der Waals surface area contributed by atoms with Gasteiger partial charge < -0.3 is 4.52 Å². The van der Waals surface area contributed by atoms with Crippen LogP contribution in [0.2, 0.25) is 0 Å². The summed E-state index contributed by atoms with van der Waals surface area (Å²) < 4.78 is 9.05. The molecule has 0 bridgehead atoms. The lowest BCUT2D eigenvalue weighted by molar-refractivity contribution is 0.374. The molecule has 0 saturated carbocycles. The van der Waals surface area contributed by atoms with E-state index in [4.69, 9.17) is 4.52 Å². The van der Waals surface area contributed by atoms with E-state index in [9.17, 15) is 4.79 Å². The van der Waals surface area contributed by atoms with Gasteiger partial charge in [0.05, 0.1) is 16.2 Å². The summed E-state index contributed by atoms with van der Waals surface area (Å²) in [5.41, 5.74) is 0.759. The van der Waals surface area contributed by atoms with Crippen molar-refractivity contribution in [2.45, 2.75) is 57.0 Å². The normalized spacial score (nSPS) is 12.8. The summed E-state index contributed by atoms with van der Waals surface area (Å²) in [4.78, 5) is 17.4. The quantitative estimate of drug-likeness (QED) is 0.439. The van der Waals surface area contributed by atoms with Crippen molar-refractivity contribution >= 4 is 28.4 Å². The fraction of sp³-hybridized carbons (Fsp3) is 0.421. The van der Waals surface area contributed by atoms with Crippen LogP contribution in [-0.4, -0.2) is 29.3 Å². The van der Waals surface area contributed by atoms with Crippen LogP contribution in [0.3, 0.4) is 0 Å². The van der Waals surface area contributed by atoms with Gasteiger partial charge in [-0.3, -0.25) is 13.8 Å². The average Bonchev–Trinajstić information content (AvgIpc) is 3.33. The summed E-state index contributed by atoms with van der Waals surface area (Å²) >= 11 is 1.49. The topological polar surface area (TPSA) is 91.1 Å². The third-order valence-corrected chi connectivity index (χ3v) is 5.54. The number of hydrogen-bond acceptors (Lipinski definition) is 7. The minimum atomic E-state index is -0.0872. The zero-order valence-electron chi connectivity index (χ0n) is 16.1. The van der Waals surface area contributed by atoms with E-state index < -0.39 is 0 Å². The number of rotatable bonds is 7. The lowest BCUT2D eigenvalue weighted by Gasteiger charge is -2.11. The maximum Gasteiger partial charge on any atom is 0.262 e. The number of hydrogen-bond donors (Lipinski definition) is 0. The first-order chi connectivity index (χ1) is 13.6. The molecule has 146 valence electrons. The minimum Gasteiger partial charge on any atom is -0.338 e. The monoisotopic (exact) mass is 398 g/mol. The van der Waals surface area contributed by atoms with Crippen molar-refractivity contribution < 1.29 is 4.52 Å². The molecular weight excluding hydrogens is 376 g/mol. The summed E-state index contributed by atoms with van der Waals surface area (Å²) in [5.74, 6) is 1.84. The van der Waals surface area contributed by atoms with Crippen molar-refractivity contribution in [2.24, 2.45) is 0 Å². The first-order valence-corrected chi connectivity index (χ1v) is 10.4. The second-order valence-corrected chi connectivity index (χ2v) is 7.96. The fourth-order valence-electron chi connectivity index (χ4n) is 3.20. The Labute approximate surface area is 166 Å². The Morgan fingerprint density at radius 2 is 2.00 bits per heavy atom. The van der Waals surface area contributed by atoms with Crippen LogP contribution in [0, 0.1) is 0 Å². The van der Waals surface area contributed by atoms with Crippen LogP contribution in [0.4, 0.5) is 0 Å². The molecule has 1 atom stereocenters. The highest BCUT2D eigenvalue weighted by Gasteiger charge is 2.21. The van der Waals surface area contributed by atoms with E-state index in [0.29, 0.717) is 28.8 Å². The van der Waals surface area contributed by atoms with E-state index in [1.165, 1.54) is 11.8 Å². The number of thioether (sulfide) groups is 1. The molecule has 0 radical (unpaired) electrons. The van der Waals surface area contributed by atoms with Crippen LogP contribution in [0.25, 0.3) is 16.7 Å². The molecule has 0 aliphatic rings. The smallest absolute Gasteiger partial charge is 0.262 e. The maximum absolute atomic E-state index is 12.9. The zero-order valence-corrected chi connectivity index (χ0v) is 16.9. The third kappa shape index (κ3) is 3.19. The van der Waals surface area contributed by atoms with Gasteiger partial charge in [-0.25, -0.2) is 0 Å². The van der Waals surface area contributed by atoms with E-state index in [2.05, 4.69) is 27.3 Å². The Morgan fingerprint density at radius 3 is 2.79 bits per heavy atom. The van der Waals surface area contributed by atoms with Crippen molar-refractivity contribution in [1.29, 1.82) is 0 Å². The molecule has 8 nitrogen and oxygen atoms in total. The second kappa shape index (κ2) is 7.75. The first-order valence-electron chi connectivity index (χ1n) is 9.49. The molecule has 0 amide bonds. The average molecular weight is 398 g/mol. The highest BCUT2D eigenvalue weighted by molar-refractivity contribution is 7.99. The Morgan fingerprint density at radius 1 is 1.18 bits per heavy atom. The van der Waals surface area contributed by atoms with Crippen LogP contribution in [0.15, 0.2) is 38.7 Å². The molecule has 0 saturated heterocycles. The van der Waals surface area contributed by atoms with Crippen molar-refractivity contribution in [3.8, 4) is 0 Å². The molecule has 0 aliphatic carbocycles. The zero-order chi connectivity index (χ0) is 19.7. The van der Waals surface area contributed by atoms with Gasteiger partial charge in [-0.1, -0.05) is 42.9 Å². The number of nitrogens with zero attached hydrogens (tertiary/aromatic N) is 6. The molecule has 9 heteroatoms. The maximum atomic E-state index is 12.9. The van der Waals surface area contributed by atoms with Crippen molar-refractivity contribution in [3.05, 3.63) is 46.3 Å². The number of aryl methyl sites for hydroxylation is 2. The van der Waals surface area contributed by atoms with Crippen LogP contribution in [0.1, 0.15) is 50.6 Å². The van der Waals surface area contributed by atoms with Gasteiger partial charge in [0.1, 0.15) is 0 Å². The molecule has 0 aliphatic heterocycles. The van der Waals surface area contributed by atoms with E-state index >= 15 is 0 Å². The minimum absolute atomic E-state index is 0.0388. The predicted octanol–water partition coefficient (Wildman–Crippen LogP) is 3.64. The highest BCUT2D eigenvalue weighted by atomic mass is 32.2. The molecule has 1 aromatic carbocycles. The van der Waals surface area contributed by atoms with Crippen molar-refractivity contribution in [1.82, 2.24) is 29.3 Å².